The number of nitrogens with one attached hydrogen (secondary N) is 1. The molecule has 0 saturated heterocycles. The van der Waals surface area contributed by atoms with Gasteiger partial charge in [-0.25, -0.2) is 0 Å². The zero-order valence-corrected chi connectivity index (χ0v) is 8.40. The largest absolute Gasteiger partial charge is 0.391 e. The van der Waals surface area contributed by atoms with Gasteiger partial charge in [-0.3, -0.25) is 0 Å². The molecule has 70 valence electrons. The third-order valence-electron chi connectivity index (χ3n) is 2.74. The van der Waals surface area contributed by atoms with Gasteiger partial charge in [-0.15, -0.1) is 0 Å². The van der Waals surface area contributed by atoms with Gasteiger partial charge < -0.3 is 5.32 Å². The Bertz CT molecular complexity index is 145. The van der Waals surface area contributed by atoms with Gasteiger partial charge in [0.1, 0.15) is 0 Å². The first-order valence-corrected chi connectivity index (χ1v) is 5.28. The average Bonchev–Trinajstić information content (AvgIpc) is 2.02. The Morgan fingerprint density at radius 3 is 2.58 bits per heavy atom. The van der Waals surface area contributed by atoms with Crippen LogP contribution in [0.2, 0.25) is 0 Å². The van der Waals surface area contributed by atoms with Gasteiger partial charge in [0.25, 0.3) is 0 Å². The maximum atomic E-state index is 3.29. The maximum absolute atomic E-state index is 3.29. The molecule has 0 radical (unpaired) electrons. The van der Waals surface area contributed by atoms with E-state index in [4.69, 9.17) is 0 Å². The summed E-state index contributed by atoms with van der Waals surface area (Å²) in [5.74, 6) is 1.01. The van der Waals surface area contributed by atoms with Crippen LogP contribution in [0.5, 0.6) is 0 Å². The Balaban J connectivity index is 2.23. The average molecular weight is 167 g/mol. The fourth-order valence-corrected chi connectivity index (χ4v) is 1.62. The zero-order valence-electron chi connectivity index (χ0n) is 8.40. The van der Waals surface area contributed by atoms with Crippen LogP contribution < -0.4 is 5.32 Å². The van der Waals surface area contributed by atoms with Crippen LogP contribution in [0.1, 0.15) is 46.0 Å². The van der Waals surface area contributed by atoms with Crippen molar-refractivity contribution in [1.82, 2.24) is 5.32 Å². The van der Waals surface area contributed by atoms with E-state index >= 15 is 0 Å². The molecule has 1 heteroatoms. The Kier molecular flexibility index (Phi) is 4.20. The summed E-state index contributed by atoms with van der Waals surface area (Å²) < 4.78 is 0. The summed E-state index contributed by atoms with van der Waals surface area (Å²) in [5.41, 5.74) is 1.60. The fraction of sp³-hybridized carbons (Fsp3) is 0.818. The van der Waals surface area contributed by atoms with Crippen molar-refractivity contribution in [2.75, 3.05) is 6.54 Å². The minimum Gasteiger partial charge on any atom is -0.391 e. The molecule has 0 heterocycles. The van der Waals surface area contributed by atoms with E-state index in [0.29, 0.717) is 0 Å². The van der Waals surface area contributed by atoms with Gasteiger partial charge in [0.05, 0.1) is 0 Å². The van der Waals surface area contributed by atoms with Crippen molar-refractivity contribution in [3.8, 4) is 0 Å². The van der Waals surface area contributed by atoms with Crippen LogP contribution in [-0.4, -0.2) is 6.54 Å². The smallest absolute Gasteiger partial charge is 0.0113 e. The van der Waals surface area contributed by atoms with Gasteiger partial charge in [0.15, 0.2) is 0 Å². The third kappa shape index (κ3) is 2.88. The van der Waals surface area contributed by atoms with E-state index in [0.717, 1.165) is 12.5 Å². The van der Waals surface area contributed by atoms with Gasteiger partial charge in [-0.05, 0) is 31.9 Å². The number of hydrogen-bond acceptors (Lipinski definition) is 1. The van der Waals surface area contributed by atoms with Crippen molar-refractivity contribution < 1.29 is 0 Å². The maximum Gasteiger partial charge on any atom is 0.0113 e. The summed E-state index contributed by atoms with van der Waals surface area (Å²) in [7, 11) is 0. The van der Waals surface area contributed by atoms with Crippen molar-refractivity contribution in [2.45, 2.75) is 46.0 Å². The predicted molar refractivity (Wildman–Crippen MR) is 54.0 cm³/mol. The summed E-state index contributed by atoms with van der Waals surface area (Å²) in [4.78, 5) is 0. The molecule has 1 aliphatic rings. The molecule has 0 amide bonds. The van der Waals surface area contributed by atoms with Crippen LogP contribution >= 0.6 is 0 Å². The van der Waals surface area contributed by atoms with Crippen LogP contribution in [0.25, 0.3) is 0 Å². The van der Waals surface area contributed by atoms with Gasteiger partial charge in [0, 0.05) is 6.54 Å². The first-order chi connectivity index (χ1) is 5.86. The molecule has 0 bridgehead atoms. The lowest BCUT2D eigenvalue weighted by Crippen LogP contribution is -2.13. The molecule has 0 aromatic carbocycles. The van der Waals surface area contributed by atoms with Gasteiger partial charge in [-0.1, -0.05) is 31.8 Å². The van der Waals surface area contributed by atoms with Crippen LogP contribution in [0.15, 0.2) is 11.8 Å². The topological polar surface area (TPSA) is 12.0 Å². The molecule has 1 saturated carbocycles. The molecule has 0 aromatic rings. The number of allylic oxidation sites excluding steroid dienone is 1. The van der Waals surface area contributed by atoms with E-state index in [1.807, 2.05) is 0 Å². The molecular formula is C11H21N. The summed E-state index contributed by atoms with van der Waals surface area (Å²) in [6.45, 7) is 5.45. The number of hydrogen-bond donors (Lipinski definition) is 1. The van der Waals surface area contributed by atoms with Crippen molar-refractivity contribution >= 4 is 0 Å². The highest BCUT2D eigenvalue weighted by molar-refractivity contribution is 5.02. The van der Waals surface area contributed by atoms with Crippen molar-refractivity contribution in [1.29, 1.82) is 0 Å². The standard InChI is InChI=1S/C11H21N/c1-3-10(9-12-4-2)8-11-6-5-7-11/h9,11-12H,3-8H2,1-2H3/b10-9+. The second-order valence-corrected chi connectivity index (χ2v) is 3.71. The van der Waals surface area contributed by atoms with E-state index in [9.17, 15) is 0 Å². The summed E-state index contributed by atoms with van der Waals surface area (Å²) >= 11 is 0. The Hall–Kier alpha value is -0.460. The van der Waals surface area contributed by atoms with Crippen LogP contribution in [0.3, 0.4) is 0 Å². The van der Waals surface area contributed by atoms with E-state index in [1.54, 1.807) is 5.57 Å². The first-order valence-electron chi connectivity index (χ1n) is 5.28. The molecule has 1 rings (SSSR count). The molecule has 12 heavy (non-hydrogen) atoms. The van der Waals surface area contributed by atoms with Crippen LogP contribution in [-0.2, 0) is 0 Å². The lowest BCUT2D eigenvalue weighted by Gasteiger charge is -2.26. The van der Waals surface area contributed by atoms with E-state index < -0.39 is 0 Å². The fourth-order valence-electron chi connectivity index (χ4n) is 1.62. The third-order valence-corrected chi connectivity index (χ3v) is 2.74. The highest BCUT2D eigenvalue weighted by Crippen LogP contribution is 2.32. The summed E-state index contributed by atoms with van der Waals surface area (Å²) in [6, 6.07) is 0. The van der Waals surface area contributed by atoms with E-state index in [2.05, 4.69) is 25.4 Å². The van der Waals surface area contributed by atoms with Crippen molar-refractivity contribution in [3.05, 3.63) is 11.8 Å². The van der Waals surface area contributed by atoms with E-state index in [1.165, 1.54) is 32.1 Å². The van der Waals surface area contributed by atoms with Crippen molar-refractivity contribution in [3.63, 3.8) is 0 Å². The van der Waals surface area contributed by atoms with Gasteiger partial charge >= 0.3 is 0 Å². The summed E-state index contributed by atoms with van der Waals surface area (Å²) in [5, 5.41) is 3.29. The minimum absolute atomic E-state index is 1.01. The van der Waals surface area contributed by atoms with Gasteiger partial charge in [0.2, 0.25) is 0 Å². The SMILES string of the molecule is CCN/C=C(\CC)CC1CCC1. The normalized spacial score (nSPS) is 19.0. The number of rotatable bonds is 5. The molecule has 1 aliphatic carbocycles. The monoisotopic (exact) mass is 167 g/mol. The molecule has 1 nitrogen and oxygen atoms in total. The zero-order chi connectivity index (χ0) is 8.81. The lowest BCUT2D eigenvalue weighted by molar-refractivity contribution is 0.311. The van der Waals surface area contributed by atoms with Crippen molar-refractivity contribution in [2.24, 2.45) is 5.92 Å². The lowest BCUT2D eigenvalue weighted by atomic mass is 9.80. The van der Waals surface area contributed by atoms with Crippen LogP contribution in [0.4, 0.5) is 0 Å². The molecule has 0 aromatic heterocycles. The Morgan fingerprint density at radius 1 is 1.42 bits per heavy atom. The second kappa shape index (κ2) is 5.23. The molecule has 1 N–H and O–H groups in total. The van der Waals surface area contributed by atoms with Crippen LogP contribution in [0, 0.1) is 5.92 Å². The van der Waals surface area contributed by atoms with Gasteiger partial charge in [-0.2, -0.15) is 0 Å². The molecular weight excluding hydrogens is 146 g/mol. The Labute approximate surface area is 76.2 Å². The second-order valence-electron chi connectivity index (χ2n) is 3.71. The first kappa shape index (κ1) is 9.63. The Morgan fingerprint density at radius 2 is 2.17 bits per heavy atom. The van der Waals surface area contributed by atoms with E-state index in [-0.39, 0.29) is 0 Å². The highest BCUT2D eigenvalue weighted by atomic mass is 14.8. The molecule has 0 aliphatic heterocycles. The quantitative estimate of drug-likeness (QED) is 0.663. The highest BCUT2D eigenvalue weighted by Gasteiger charge is 2.17. The predicted octanol–water partition coefficient (Wildman–Crippen LogP) is 3.08. The molecule has 1 fully saturated rings. The molecule has 0 atom stereocenters. The minimum atomic E-state index is 1.01. The molecule has 0 spiro atoms. The molecule has 0 unspecified atom stereocenters. The summed E-state index contributed by atoms with van der Waals surface area (Å²) in [6.07, 6.45) is 9.15.